The number of methoxy groups -OCH3 is 2. The van der Waals surface area contributed by atoms with E-state index in [9.17, 15) is 9.59 Å². The van der Waals surface area contributed by atoms with Gasteiger partial charge >= 0.3 is 0 Å². The molecule has 1 unspecified atom stereocenters. The molecule has 0 saturated carbocycles. The Balaban J connectivity index is 1.50. The topological polar surface area (TPSA) is 104 Å². The monoisotopic (exact) mass is 436 g/mol. The number of carbonyl (C=O) groups excluding carboxylic acids is 2. The van der Waals surface area contributed by atoms with Gasteiger partial charge in [-0.25, -0.2) is 4.68 Å². The average Bonchev–Trinajstić information content (AvgIpc) is 3.34. The van der Waals surface area contributed by atoms with Crippen LogP contribution in [0.25, 0.3) is 11.1 Å². The van der Waals surface area contributed by atoms with Gasteiger partial charge in [-0.3, -0.25) is 9.59 Å². The molecule has 0 spiro atoms. The van der Waals surface area contributed by atoms with Crippen LogP contribution in [-0.2, 0) is 9.59 Å². The first-order valence-electron chi connectivity index (χ1n) is 10.2. The van der Waals surface area contributed by atoms with E-state index in [0.29, 0.717) is 29.6 Å². The summed E-state index contributed by atoms with van der Waals surface area (Å²) in [5, 5.41) is 10.0. The van der Waals surface area contributed by atoms with E-state index in [4.69, 9.17) is 14.2 Å². The Bertz CT molecular complexity index is 1140. The van der Waals surface area contributed by atoms with Gasteiger partial charge in [0, 0.05) is 11.3 Å². The van der Waals surface area contributed by atoms with E-state index in [2.05, 4.69) is 15.7 Å². The van der Waals surface area contributed by atoms with Gasteiger partial charge in [-0.1, -0.05) is 6.07 Å². The Morgan fingerprint density at radius 2 is 1.88 bits per heavy atom. The molecule has 1 atom stereocenters. The quantitative estimate of drug-likeness (QED) is 0.560. The number of ether oxygens (including phenoxy) is 3. The summed E-state index contributed by atoms with van der Waals surface area (Å²) in [5.74, 6) is 1.88. The maximum Gasteiger partial charge on any atom is 0.251 e. The summed E-state index contributed by atoms with van der Waals surface area (Å²) in [6.45, 7) is 2.47. The fraction of sp³-hybridized carbons (Fsp3) is 0.261. The Labute approximate surface area is 185 Å². The predicted octanol–water partition coefficient (Wildman–Crippen LogP) is 3.49. The first-order chi connectivity index (χ1) is 15.5. The molecule has 3 aromatic rings. The van der Waals surface area contributed by atoms with Crippen molar-refractivity contribution in [3.63, 3.8) is 0 Å². The molecule has 2 heterocycles. The van der Waals surface area contributed by atoms with Gasteiger partial charge in [-0.2, -0.15) is 5.10 Å². The largest absolute Gasteiger partial charge is 0.494 e. The van der Waals surface area contributed by atoms with Gasteiger partial charge in [-0.05, 0) is 48.9 Å². The molecule has 0 radical (unpaired) electrons. The number of carbonyl (C=O) groups is 2. The van der Waals surface area contributed by atoms with E-state index in [1.54, 1.807) is 55.4 Å². The van der Waals surface area contributed by atoms with Crippen molar-refractivity contribution in [1.82, 2.24) is 9.78 Å². The minimum Gasteiger partial charge on any atom is -0.494 e. The van der Waals surface area contributed by atoms with Crippen LogP contribution in [-0.4, -0.2) is 42.4 Å². The number of fused-ring (bicyclic) bond motifs is 1. The van der Waals surface area contributed by atoms with Gasteiger partial charge in [0.15, 0.2) is 11.5 Å². The summed E-state index contributed by atoms with van der Waals surface area (Å²) in [4.78, 5) is 25.2. The van der Waals surface area contributed by atoms with E-state index in [1.165, 1.54) is 0 Å². The third-order valence-electron chi connectivity index (χ3n) is 5.16. The summed E-state index contributed by atoms with van der Waals surface area (Å²) in [6.07, 6.45) is 1.62. The number of hydrogen-bond acceptors (Lipinski definition) is 6. The van der Waals surface area contributed by atoms with Crippen LogP contribution in [0.2, 0.25) is 0 Å². The number of nitrogens with zero attached hydrogens (tertiary/aromatic N) is 2. The van der Waals surface area contributed by atoms with Crippen molar-refractivity contribution in [1.29, 1.82) is 0 Å². The van der Waals surface area contributed by atoms with Gasteiger partial charge in [-0.15, -0.1) is 0 Å². The molecule has 9 heteroatoms. The molecule has 32 heavy (non-hydrogen) atoms. The Morgan fingerprint density at radius 3 is 2.56 bits per heavy atom. The van der Waals surface area contributed by atoms with Gasteiger partial charge in [0.25, 0.3) is 5.91 Å². The van der Waals surface area contributed by atoms with Crippen molar-refractivity contribution >= 4 is 23.3 Å². The van der Waals surface area contributed by atoms with Gasteiger partial charge < -0.3 is 24.8 Å². The van der Waals surface area contributed by atoms with Crippen molar-refractivity contribution < 1.29 is 23.8 Å². The zero-order valence-corrected chi connectivity index (χ0v) is 18.0. The highest BCUT2D eigenvalue weighted by atomic mass is 16.5. The van der Waals surface area contributed by atoms with Crippen LogP contribution >= 0.6 is 0 Å². The minimum absolute atomic E-state index is 0.0426. The van der Waals surface area contributed by atoms with E-state index < -0.39 is 6.04 Å². The van der Waals surface area contributed by atoms with Crippen molar-refractivity contribution in [2.24, 2.45) is 0 Å². The zero-order chi connectivity index (χ0) is 22.7. The van der Waals surface area contributed by atoms with Crippen LogP contribution in [0.5, 0.6) is 17.2 Å². The molecule has 2 N–H and O–H groups in total. The first kappa shape index (κ1) is 21.2. The molecule has 0 fully saturated rings. The van der Waals surface area contributed by atoms with E-state index in [1.807, 2.05) is 19.1 Å². The van der Waals surface area contributed by atoms with Crippen LogP contribution in [0.15, 0.2) is 48.7 Å². The molecule has 2 amide bonds. The zero-order valence-electron chi connectivity index (χ0n) is 18.0. The molecule has 0 aliphatic carbocycles. The van der Waals surface area contributed by atoms with Gasteiger partial charge in [0.2, 0.25) is 5.91 Å². The lowest BCUT2D eigenvalue weighted by atomic mass is 10.1. The van der Waals surface area contributed by atoms with Crippen molar-refractivity contribution in [3.05, 3.63) is 48.7 Å². The second kappa shape index (κ2) is 9.01. The highest BCUT2D eigenvalue weighted by molar-refractivity contribution is 6.04. The SMILES string of the molecule is CCOc1ccc(NC(=O)CC2C(=O)Nc3c(-c4ccc(OC)c(OC)c4)cnn32)cc1. The highest BCUT2D eigenvalue weighted by Gasteiger charge is 2.35. The van der Waals surface area contributed by atoms with Crippen LogP contribution in [0.3, 0.4) is 0 Å². The summed E-state index contributed by atoms with van der Waals surface area (Å²) < 4.78 is 17.6. The van der Waals surface area contributed by atoms with Crippen LogP contribution in [0, 0.1) is 0 Å². The fourth-order valence-electron chi connectivity index (χ4n) is 3.62. The molecule has 4 rings (SSSR count). The number of aromatic nitrogens is 2. The number of amides is 2. The minimum atomic E-state index is -0.735. The third-order valence-corrected chi connectivity index (χ3v) is 5.16. The molecule has 0 saturated heterocycles. The van der Waals surface area contributed by atoms with Gasteiger partial charge in [0.05, 0.1) is 33.4 Å². The number of anilines is 2. The summed E-state index contributed by atoms with van der Waals surface area (Å²) in [6, 6.07) is 11.8. The molecule has 166 valence electrons. The highest BCUT2D eigenvalue weighted by Crippen LogP contribution is 2.39. The fourth-order valence-corrected chi connectivity index (χ4v) is 3.62. The van der Waals surface area contributed by atoms with Gasteiger partial charge in [0.1, 0.15) is 17.6 Å². The normalized spacial score (nSPS) is 14.5. The lowest BCUT2D eigenvalue weighted by Gasteiger charge is -2.10. The number of hydrogen-bond donors (Lipinski definition) is 2. The molecule has 2 aromatic carbocycles. The molecular formula is C23H24N4O5. The molecule has 1 aliphatic heterocycles. The van der Waals surface area contributed by atoms with Crippen molar-refractivity contribution in [3.8, 4) is 28.4 Å². The molecule has 0 bridgehead atoms. The number of rotatable bonds is 8. The predicted molar refractivity (Wildman–Crippen MR) is 119 cm³/mol. The van der Waals surface area contributed by atoms with Crippen molar-refractivity contribution in [2.75, 3.05) is 31.5 Å². The Hall–Kier alpha value is -4.01. The molecule has 1 aromatic heterocycles. The first-order valence-corrected chi connectivity index (χ1v) is 10.2. The third kappa shape index (κ3) is 4.09. The number of nitrogens with one attached hydrogen (secondary N) is 2. The lowest BCUT2D eigenvalue weighted by molar-refractivity contribution is -0.123. The van der Waals surface area contributed by atoms with Crippen LogP contribution in [0.4, 0.5) is 11.5 Å². The van der Waals surface area contributed by atoms with E-state index >= 15 is 0 Å². The van der Waals surface area contributed by atoms with Crippen LogP contribution in [0.1, 0.15) is 19.4 Å². The molecular weight excluding hydrogens is 412 g/mol. The lowest BCUT2D eigenvalue weighted by Crippen LogP contribution is -2.23. The second-order valence-corrected chi connectivity index (χ2v) is 7.14. The standard InChI is InChI=1S/C23H24N4O5/c1-4-32-16-8-6-15(7-9-16)25-21(28)12-18-23(29)26-22-17(13-24-27(18)22)14-5-10-19(30-2)20(11-14)31-3/h5-11,13,18H,4,12H2,1-3H3,(H,25,28)(H,26,29). The smallest absolute Gasteiger partial charge is 0.251 e. The molecule has 9 nitrogen and oxygen atoms in total. The summed E-state index contributed by atoms with van der Waals surface area (Å²) >= 11 is 0. The Morgan fingerprint density at radius 1 is 1.12 bits per heavy atom. The van der Waals surface area contributed by atoms with Crippen LogP contribution < -0.4 is 24.8 Å². The maximum absolute atomic E-state index is 12.6. The molecule has 1 aliphatic rings. The van der Waals surface area contributed by atoms with E-state index in [0.717, 1.165) is 16.9 Å². The average molecular weight is 436 g/mol. The Kier molecular flexibility index (Phi) is 5.98. The second-order valence-electron chi connectivity index (χ2n) is 7.14. The number of benzene rings is 2. The summed E-state index contributed by atoms with van der Waals surface area (Å²) in [7, 11) is 3.13. The maximum atomic E-state index is 12.6. The van der Waals surface area contributed by atoms with E-state index in [-0.39, 0.29) is 18.2 Å². The van der Waals surface area contributed by atoms with Crippen molar-refractivity contribution in [2.45, 2.75) is 19.4 Å². The summed E-state index contributed by atoms with van der Waals surface area (Å²) in [5.41, 5.74) is 2.17.